The Kier molecular flexibility index (Phi) is 3.43. The molecule has 124 valence electrons. The lowest BCUT2D eigenvalue weighted by molar-refractivity contribution is 0.0996. The van der Waals surface area contributed by atoms with Crippen LogP contribution in [0.25, 0.3) is 31.8 Å². The highest BCUT2D eigenvalue weighted by atomic mass is 32.1. The summed E-state index contributed by atoms with van der Waals surface area (Å²) in [6, 6.07) is 25.4. The third kappa shape index (κ3) is 2.35. The normalized spacial score (nSPS) is 12.2. The van der Waals surface area contributed by atoms with Crippen LogP contribution in [-0.4, -0.2) is 5.91 Å². The molecule has 0 aliphatic rings. The number of amides is 1. The highest BCUT2D eigenvalue weighted by Crippen LogP contribution is 2.36. The lowest BCUT2D eigenvalue weighted by atomic mass is 10.0. The molecule has 0 unspecified atom stereocenters. The molecular weight excluding hydrogens is 342 g/mol. The molecule has 0 atom stereocenters. The minimum absolute atomic E-state index is 0.297. The average molecular weight is 355 g/mol. The van der Waals surface area contributed by atoms with Crippen LogP contribution >= 0.6 is 11.3 Å². The van der Waals surface area contributed by atoms with E-state index in [0.29, 0.717) is 10.4 Å². The average Bonchev–Trinajstić information content (AvgIpc) is 3.13. The van der Waals surface area contributed by atoms with E-state index in [1.807, 2.05) is 48.5 Å². The van der Waals surface area contributed by atoms with Gasteiger partial charge >= 0.3 is 0 Å². The highest BCUT2D eigenvalue weighted by Gasteiger charge is 2.13. The minimum atomic E-state index is -0.297. The van der Waals surface area contributed by atoms with E-state index in [0.717, 1.165) is 26.4 Å². The van der Waals surface area contributed by atoms with Crippen LogP contribution in [0.3, 0.4) is 0 Å². The zero-order valence-corrected chi connectivity index (χ0v) is 14.5. The van der Waals surface area contributed by atoms with E-state index in [9.17, 15) is 4.79 Å². The highest BCUT2D eigenvalue weighted by molar-refractivity contribution is 7.17. The van der Waals surface area contributed by atoms with Gasteiger partial charge in [-0.25, -0.2) is 0 Å². The van der Waals surface area contributed by atoms with Gasteiger partial charge in [0.25, 0.3) is 10.8 Å². The molecule has 0 saturated heterocycles. The molecule has 0 radical (unpaired) electrons. The number of rotatable bonds is 1. The fraction of sp³-hybridized carbons (Fsp3) is 0. The second kappa shape index (κ2) is 5.93. The van der Waals surface area contributed by atoms with E-state index >= 15 is 0 Å². The van der Waals surface area contributed by atoms with Gasteiger partial charge in [0.05, 0.1) is 4.70 Å². The predicted molar refractivity (Wildman–Crippen MR) is 105 cm³/mol. The molecule has 4 heteroatoms. The molecule has 1 aromatic heterocycles. The fourth-order valence-electron chi connectivity index (χ4n) is 3.25. The summed E-state index contributed by atoms with van der Waals surface area (Å²) in [7, 11) is 0. The molecule has 0 fully saturated rings. The van der Waals surface area contributed by atoms with Gasteiger partial charge in [0, 0.05) is 16.3 Å². The summed E-state index contributed by atoms with van der Waals surface area (Å²) in [6.07, 6.45) is 0. The van der Waals surface area contributed by atoms with Crippen LogP contribution < -0.4 is 4.87 Å². The summed E-state index contributed by atoms with van der Waals surface area (Å²) in [5.41, 5.74) is 1.33. The van der Waals surface area contributed by atoms with Crippen molar-refractivity contribution in [2.45, 2.75) is 0 Å². The van der Waals surface area contributed by atoms with Crippen molar-refractivity contribution in [3.8, 4) is 0 Å². The zero-order chi connectivity index (χ0) is 17.5. The van der Waals surface area contributed by atoms with Crippen LogP contribution in [0.4, 0.5) is 0 Å². The lowest BCUT2D eigenvalue weighted by Crippen LogP contribution is -2.01. The van der Waals surface area contributed by atoms with Gasteiger partial charge in [-0.15, -0.1) is 0 Å². The standard InChI is InChI=1S/C22H13NO2S/c24-21(14-8-2-1-3-9-14)23-22-25-19-17-12-6-4-10-15(17)16-11-5-7-13-18(16)20(19)26-22/h1-13H. The van der Waals surface area contributed by atoms with Gasteiger partial charge < -0.3 is 4.42 Å². The first-order chi connectivity index (χ1) is 12.8. The molecule has 0 aliphatic carbocycles. The molecule has 0 saturated carbocycles. The van der Waals surface area contributed by atoms with Crippen molar-refractivity contribution in [3.05, 3.63) is 89.3 Å². The number of hydrogen-bond acceptors (Lipinski definition) is 3. The fourth-order valence-corrected chi connectivity index (χ4v) is 4.21. The Morgan fingerprint density at radius 2 is 1.31 bits per heavy atom. The molecule has 5 rings (SSSR count). The molecule has 5 aromatic rings. The smallest absolute Gasteiger partial charge is 0.282 e. The van der Waals surface area contributed by atoms with Crippen molar-refractivity contribution in [1.82, 2.24) is 0 Å². The maximum Gasteiger partial charge on any atom is 0.282 e. The number of carbonyl (C=O) groups is 1. The van der Waals surface area contributed by atoms with E-state index < -0.39 is 0 Å². The third-order valence-electron chi connectivity index (χ3n) is 4.43. The number of carbonyl (C=O) groups excluding carboxylic acids is 1. The van der Waals surface area contributed by atoms with Crippen LogP contribution in [0.1, 0.15) is 10.4 Å². The van der Waals surface area contributed by atoms with Crippen LogP contribution in [0.5, 0.6) is 0 Å². The summed E-state index contributed by atoms with van der Waals surface area (Å²) in [5.74, 6) is -0.297. The molecule has 0 bridgehead atoms. The number of benzene rings is 4. The molecule has 3 nitrogen and oxygen atoms in total. The van der Waals surface area contributed by atoms with Crippen LogP contribution in [-0.2, 0) is 0 Å². The van der Waals surface area contributed by atoms with Gasteiger partial charge in [0.2, 0.25) is 0 Å². The monoisotopic (exact) mass is 355 g/mol. The molecule has 4 aromatic carbocycles. The SMILES string of the molecule is O=C(N=c1oc2c3ccccc3c3ccccc3c2s1)c1ccccc1. The lowest BCUT2D eigenvalue weighted by Gasteiger charge is -2.04. The van der Waals surface area contributed by atoms with Crippen molar-refractivity contribution in [1.29, 1.82) is 0 Å². The van der Waals surface area contributed by atoms with Gasteiger partial charge in [-0.3, -0.25) is 4.79 Å². The van der Waals surface area contributed by atoms with Gasteiger partial charge in [-0.2, -0.15) is 4.99 Å². The summed E-state index contributed by atoms with van der Waals surface area (Å²) in [5, 5.41) is 4.46. The maximum atomic E-state index is 12.4. The molecule has 0 spiro atoms. The van der Waals surface area contributed by atoms with Gasteiger partial charge in [0.1, 0.15) is 0 Å². The van der Waals surface area contributed by atoms with Crippen molar-refractivity contribution >= 4 is 49.1 Å². The Hall–Kier alpha value is -3.24. The quantitative estimate of drug-likeness (QED) is 0.370. The Labute approximate surface area is 152 Å². The Balaban J connectivity index is 1.83. The Bertz CT molecular complexity index is 1270. The first-order valence-corrected chi connectivity index (χ1v) is 9.10. The second-order valence-corrected chi connectivity index (χ2v) is 6.96. The molecule has 26 heavy (non-hydrogen) atoms. The largest absolute Gasteiger partial charge is 0.429 e. The van der Waals surface area contributed by atoms with Crippen molar-refractivity contribution in [2.75, 3.05) is 0 Å². The van der Waals surface area contributed by atoms with Crippen molar-refractivity contribution < 1.29 is 9.21 Å². The number of nitrogens with zero attached hydrogens (tertiary/aromatic N) is 1. The maximum absolute atomic E-state index is 12.4. The molecule has 1 amide bonds. The summed E-state index contributed by atoms with van der Waals surface area (Å²) in [6.45, 7) is 0. The number of hydrogen-bond donors (Lipinski definition) is 0. The number of fused-ring (bicyclic) bond motifs is 6. The molecule has 0 aliphatic heterocycles. The Morgan fingerprint density at radius 3 is 2.04 bits per heavy atom. The van der Waals surface area contributed by atoms with E-state index in [1.165, 1.54) is 16.7 Å². The summed E-state index contributed by atoms with van der Waals surface area (Å²) < 4.78 is 7.03. The van der Waals surface area contributed by atoms with Crippen LogP contribution in [0.2, 0.25) is 0 Å². The van der Waals surface area contributed by atoms with Crippen LogP contribution in [0, 0.1) is 0 Å². The third-order valence-corrected chi connectivity index (χ3v) is 5.39. The van der Waals surface area contributed by atoms with E-state index in [-0.39, 0.29) is 5.91 Å². The topological polar surface area (TPSA) is 42.6 Å². The Morgan fingerprint density at radius 1 is 0.731 bits per heavy atom. The zero-order valence-electron chi connectivity index (χ0n) is 13.7. The van der Waals surface area contributed by atoms with Gasteiger partial charge in [-0.05, 0) is 22.9 Å². The van der Waals surface area contributed by atoms with Gasteiger partial charge in [0.15, 0.2) is 5.58 Å². The summed E-state index contributed by atoms with van der Waals surface area (Å²) >= 11 is 1.41. The molecular formula is C22H13NO2S. The van der Waals surface area contributed by atoms with Crippen LogP contribution in [0.15, 0.2) is 88.3 Å². The molecule has 1 heterocycles. The molecule has 0 N–H and O–H groups in total. The van der Waals surface area contributed by atoms with Gasteiger partial charge in [-0.1, -0.05) is 78.1 Å². The first-order valence-electron chi connectivity index (χ1n) is 8.28. The summed E-state index contributed by atoms with van der Waals surface area (Å²) in [4.78, 5) is 17.0. The van der Waals surface area contributed by atoms with Crippen molar-refractivity contribution in [3.63, 3.8) is 0 Å². The van der Waals surface area contributed by atoms with E-state index in [4.69, 9.17) is 4.42 Å². The second-order valence-electron chi connectivity index (χ2n) is 6.00. The van der Waals surface area contributed by atoms with Crippen molar-refractivity contribution in [2.24, 2.45) is 4.99 Å². The first kappa shape index (κ1) is 15.0. The van der Waals surface area contributed by atoms with E-state index in [2.05, 4.69) is 23.2 Å². The minimum Gasteiger partial charge on any atom is -0.429 e. The van der Waals surface area contributed by atoms with E-state index in [1.54, 1.807) is 12.1 Å². The predicted octanol–water partition coefficient (Wildman–Crippen LogP) is 5.54.